The van der Waals surface area contributed by atoms with Gasteiger partial charge in [-0.1, -0.05) is 0 Å². The van der Waals surface area contributed by atoms with Crippen molar-refractivity contribution in [2.24, 2.45) is 10.2 Å². The van der Waals surface area contributed by atoms with Crippen LogP contribution in [0.2, 0.25) is 0 Å². The van der Waals surface area contributed by atoms with E-state index in [-0.39, 0.29) is 4.90 Å². The summed E-state index contributed by atoms with van der Waals surface area (Å²) in [5, 5.41) is 8.98. The van der Waals surface area contributed by atoms with E-state index in [1.807, 2.05) is 24.3 Å². The number of anilines is 1. The Balaban J connectivity index is 2.00. The molecule has 110 valence electrons. The molecule has 3 N–H and O–H groups in total. The fourth-order valence-corrected chi connectivity index (χ4v) is 1.94. The normalized spacial score (nSPS) is 11.5. The lowest BCUT2D eigenvalue weighted by atomic mass is 10.2. The number of sulfonamides is 1. The molecule has 0 atom stereocenters. The summed E-state index contributed by atoms with van der Waals surface area (Å²) in [5.41, 5.74) is 3.57. The zero-order valence-corrected chi connectivity index (χ0v) is 12.0. The first-order valence-electron chi connectivity index (χ1n) is 5.91. The number of hydrazone groups is 1. The number of nitrogens with one attached hydrogen (secondary N) is 1. The second-order valence-electron chi connectivity index (χ2n) is 4.07. The average Bonchev–Trinajstić information content (AvgIpc) is 2.47. The Kier molecular flexibility index (Phi) is 4.51. The van der Waals surface area contributed by atoms with E-state index in [1.165, 1.54) is 18.3 Å². The maximum absolute atomic E-state index is 11.1. The van der Waals surface area contributed by atoms with E-state index in [2.05, 4.69) is 15.5 Å². The number of hydrogen-bond donors (Lipinski definition) is 2. The predicted molar refractivity (Wildman–Crippen MR) is 79.8 cm³/mol. The van der Waals surface area contributed by atoms with E-state index in [1.54, 1.807) is 13.3 Å². The van der Waals surface area contributed by atoms with Gasteiger partial charge in [-0.25, -0.2) is 18.5 Å². The van der Waals surface area contributed by atoms with Crippen LogP contribution in [0.15, 0.2) is 52.6 Å². The van der Waals surface area contributed by atoms with Crippen LogP contribution >= 0.6 is 0 Å². The number of hydrogen-bond acceptors (Lipinski definition) is 6. The van der Waals surface area contributed by atoms with Crippen LogP contribution in [-0.2, 0) is 10.0 Å². The lowest BCUT2D eigenvalue weighted by Crippen LogP contribution is -2.12. The number of ether oxygens (including phenoxy) is 1. The Hall–Kier alpha value is -2.45. The van der Waals surface area contributed by atoms with Crippen molar-refractivity contribution < 1.29 is 13.2 Å². The lowest BCUT2D eigenvalue weighted by molar-refractivity contribution is 0.415. The van der Waals surface area contributed by atoms with E-state index in [9.17, 15) is 8.42 Å². The first-order chi connectivity index (χ1) is 9.99. The summed E-state index contributed by atoms with van der Waals surface area (Å²) in [5.74, 6) is 1.17. The molecule has 0 saturated carbocycles. The number of methoxy groups -OCH3 is 1. The molecule has 0 aliphatic carbocycles. The topological polar surface area (TPSA) is 107 Å². The molecule has 7 nitrogen and oxygen atoms in total. The highest BCUT2D eigenvalue weighted by atomic mass is 32.2. The van der Waals surface area contributed by atoms with Crippen LogP contribution in [-0.4, -0.2) is 26.7 Å². The van der Waals surface area contributed by atoms with E-state index >= 15 is 0 Å². The van der Waals surface area contributed by atoms with Gasteiger partial charge in [-0.2, -0.15) is 5.10 Å². The molecule has 0 aliphatic rings. The SMILES string of the molecule is COc1ccc(/C=N/Nc2ccc(S(N)(=O)=O)cn2)cc1. The van der Waals surface area contributed by atoms with Crippen LogP contribution in [0.25, 0.3) is 0 Å². The fourth-order valence-electron chi connectivity index (χ4n) is 1.48. The minimum Gasteiger partial charge on any atom is -0.497 e. The van der Waals surface area contributed by atoms with Gasteiger partial charge in [0.1, 0.15) is 16.5 Å². The smallest absolute Gasteiger partial charge is 0.239 e. The minimum atomic E-state index is -3.73. The molecular weight excluding hydrogens is 292 g/mol. The minimum absolute atomic E-state index is 0.0489. The van der Waals surface area contributed by atoms with Crippen molar-refractivity contribution in [3.8, 4) is 5.75 Å². The molecule has 8 heteroatoms. The first-order valence-corrected chi connectivity index (χ1v) is 7.45. The van der Waals surface area contributed by atoms with Gasteiger partial charge in [0.2, 0.25) is 10.0 Å². The maximum atomic E-state index is 11.1. The first kappa shape index (κ1) is 14.9. The molecule has 1 heterocycles. The van der Waals surface area contributed by atoms with Crippen molar-refractivity contribution in [1.29, 1.82) is 0 Å². The van der Waals surface area contributed by atoms with Gasteiger partial charge in [0.05, 0.1) is 13.3 Å². The van der Waals surface area contributed by atoms with Crippen molar-refractivity contribution in [3.05, 3.63) is 48.2 Å². The van der Waals surface area contributed by atoms with E-state index < -0.39 is 10.0 Å². The third kappa shape index (κ3) is 4.26. The van der Waals surface area contributed by atoms with Gasteiger partial charge in [0, 0.05) is 6.20 Å². The van der Waals surface area contributed by atoms with Gasteiger partial charge in [-0.05, 0) is 42.0 Å². The molecule has 0 amide bonds. The second kappa shape index (κ2) is 6.33. The van der Waals surface area contributed by atoms with Crippen LogP contribution in [0, 0.1) is 0 Å². The Morgan fingerprint density at radius 2 is 1.95 bits per heavy atom. The van der Waals surface area contributed by atoms with Crippen LogP contribution < -0.4 is 15.3 Å². The largest absolute Gasteiger partial charge is 0.497 e. The number of nitrogens with zero attached hydrogens (tertiary/aromatic N) is 2. The van der Waals surface area contributed by atoms with Gasteiger partial charge in [0.25, 0.3) is 0 Å². The van der Waals surface area contributed by atoms with Crippen LogP contribution in [0.1, 0.15) is 5.56 Å². The quantitative estimate of drug-likeness (QED) is 0.637. The third-order valence-electron chi connectivity index (χ3n) is 2.57. The molecule has 0 radical (unpaired) electrons. The molecule has 1 aromatic carbocycles. The van der Waals surface area contributed by atoms with Crippen LogP contribution in [0.3, 0.4) is 0 Å². The summed E-state index contributed by atoms with van der Waals surface area (Å²) in [6, 6.07) is 10.2. The highest BCUT2D eigenvalue weighted by Crippen LogP contribution is 2.11. The van der Waals surface area contributed by atoms with E-state index in [4.69, 9.17) is 9.88 Å². The summed E-state index contributed by atoms with van der Waals surface area (Å²) in [4.78, 5) is 3.85. The van der Waals surface area contributed by atoms with Crippen molar-refractivity contribution in [2.75, 3.05) is 12.5 Å². The molecule has 1 aromatic heterocycles. The van der Waals surface area contributed by atoms with Crippen LogP contribution in [0.4, 0.5) is 5.82 Å². The molecule has 0 saturated heterocycles. The standard InChI is InChI=1S/C13H14N4O3S/c1-20-11-4-2-10(3-5-11)8-16-17-13-7-6-12(9-15-13)21(14,18)19/h2-9H,1H3,(H,15,17)(H2,14,18,19)/b16-8+. The molecule has 2 aromatic rings. The van der Waals surface area contributed by atoms with E-state index in [0.717, 1.165) is 11.3 Å². The summed E-state index contributed by atoms with van der Waals surface area (Å²) < 4.78 is 27.2. The average molecular weight is 306 g/mol. The fraction of sp³-hybridized carbons (Fsp3) is 0.0769. The van der Waals surface area contributed by atoms with Crippen molar-refractivity contribution >= 4 is 22.1 Å². The van der Waals surface area contributed by atoms with Crippen LogP contribution in [0.5, 0.6) is 5.75 Å². The number of nitrogens with two attached hydrogens (primary N) is 1. The molecular formula is C13H14N4O3S. The number of pyridine rings is 1. The monoisotopic (exact) mass is 306 g/mol. The third-order valence-corrected chi connectivity index (χ3v) is 3.47. The summed E-state index contributed by atoms with van der Waals surface area (Å²) >= 11 is 0. The number of primary sulfonamides is 1. The second-order valence-corrected chi connectivity index (χ2v) is 5.63. The Morgan fingerprint density at radius 3 is 2.48 bits per heavy atom. The lowest BCUT2D eigenvalue weighted by Gasteiger charge is -2.01. The molecule has 0 bridgehead atoms. The number of benzene rings is 1. The summed E-state index contributed by atoms with van der Waals surface area (Å²) in [6.45, 7) is 0. The van der Waals surface area contributed by atoms with Crippen molar-refractivity contribution in [3.63, 3.8) is 0 Å². The Bertz CT molecular complexity index is 725. The molecule has 21 heavy (non-hydrogen) atoms. The Labute approximate surface area is 122 Å². The van der Waals surface area contributed by atoms with Crippen molar-refractivity contribution in [2.45, 2.75) is 4.90 Å². The highest BCUT2D eigenvalue weighted by molar-refractivity contribution is 7.89. The van der Waals surface area contributed by atoms with E-state index in [0.29, 0.717) is 5.82 Å². The highest BCUT2D eigenvalue weighted by Gasteiger charge is 2.07. The van der Waals surface area contributed by atoms with Gasteiger partial charge < -0.3 is 4.74 Å². The van der Waals surface area contributed by atoms with Gasteiger partial charge in [0.15, 0.2) is 0 Å². The summed E-state index contributed by atoms with van der Waals surface area (Å²) in [7, 11) is -2.13. The van der Waals surface area contributed by atoms with Gasteiger partial charge >= 0.3 is 0 Å². The predicted octanol–water partition coefficient (Wildman–Crippen LogP) is 1.18. The Morgan fingerprint density at radius 1 is 1.24 bits per heavy atom. The van der Waals surface area contributed by atoms with Gasteiger partial charge in [-0.15, -0.1) is 0 Å². The molecule has 0 unspecified atom stereocenters. The zero-order valence-electron chi connectivity index (χ0n) is 11.2. The molecule has 0 aliphatic heterocycles. The number of rotatable bonds is 5. The zero-order chi connectivity index (χ0) is 15.3. The summed E-state index contributed by atoms with van der Waals surface area (Å²) in [6.07, 6.45) is 2.77. The molecule has 0 spiro atoms. The number of aromatic nitrogens is 1. The molecule has 2 rings (SSSR count). The maximum Gasteiger partial charge on any atom is 0.239 e. The molecule has 0 fully saturated rings. The van der Waals surface area contributed by atoms with Crippen molar-refractivity contribution in [1.82, 2.24) is 4.98 Å². The van der Waals surface area contributed by atoms with Gasteiger partial charge in [-0.3, -0.25) is 5.43 Å².